The Labute approximate surface area is 160 Å². The van der Waals surface area contributed by atoms with Crippen molar-refractivity contribution < 1.29 is 9.47 Å². The number of hydrogen-bond donors (Lipinski definition) is 0. The van der Waals surface area contributed by atoms with Gasteiger partial charge in [0.15, 0.2) is 0 Å². The monoisotopic (exact) mass is 354 g/mol. The van der Waals surface area contributed by atoms with Crippen LogP contribution in [0.1, 0.15) is 11.7 Å². The Hall–Kier alpha value is -3.10. The molecule has 0 heterocycles. The Balaban J connectivity index is 1.82. The smallest absolute Gasteiger partial charge is 0.147 e. The molecule has 0 bridgehead atoms. The summed E-state index contributed by atoms with van der Waals surface area (Å²) >= 11 is 0. The largest absolute Gasteiger partial charge is 0.483 e. The maximum Gasteiger partial charge on any atom is 0.147 e. The van der Waals surface area contributed by atoms with E-state index >= 15 is 0 Å². The first-order chi connectivity index (χ1) is 13.4. The number of methoxy groups -OCH3 is 1. The van der Waals surface area contributed by atoms with Crippen molar-refractivity contribution in [3.05, 3.63) is 103 Å². The van der Waals surface area contributed by atoms with Gasteiger partial charge in [0.2, 0.25) is 0 Å². The SMILES string of the molecule is COCC(Oc1cccc2cccc(-c3ccccc3)c12)c1ccccc1. The van der Waals surface area contributed by atoms with Crippen LogP contribution >= 0.6 is 0 Å². The third-order valence-corrected chi connectivity index (χ3v) is 4.71. The maximum atomic E-state index is 6.49. The maximum absolute atomic E-state index is 6.49. The fraction of sp³-hybridized carbons (Fsp3) is 0.120. The first-order valence-corrected chi connectivity index (χ1v) is 9.14. The highest BCUT2D eigenvalue weighted by molar-refractivity contribution is 6.00. The van der Waals surface area contributed by atoms with Crippen LogP contribution < -0.4 is 4.74 Å². The molecule has 0 aromatic heterocycles. The van der Waals surface area contributed by atoms with Gasteiger partial charge in [0.05, 0.1) is 6.61 Å². The first-order valence-electron chi connectivity index (χ1n) is 9.14. The third kappa shape index (κ3) is 3.71. The summed E-state index contributed by atoms with van der Waals surface area (Å²) in [4.78, 5) is 0. The zero-order valence-electron chi connectivity index (χ0n) is 15.3. The molecule has 134 valence electrons. The van der Waals surface area contributed by atoms with Gasteiger partial charge in [-0.1, -0.05) is 91.0 Å². The van der Waals surface area contributed by atoms with Crippen LogP contribution in [0.2, 0.25) is 0 Å². The molecule has 2 heteroatoms. The fourth-order valence-corrected chi connectivity index (χ4v) is 3.43. The van der Waals surface area contributed by atoms with Crippen molar-refractivity contribution in [2.75, 3.05) is 13.7 Å². The summed E-state index contributed by atoms with van der Waals surface area (Å²) < 4.78 is 11.9. The van der Waals surface area contributed by atoms with E-state index in [0.29, 0.717) is 6.61 Å². The zero-order chi connectivity index (χ0) is 18.5. The van der Waals surface area contributed by atoms with E-state index in [1.54, 1.807) is 7.11 Å². The zero-order valence-corrected chi connectivity index (χ0v) is 15.3. The molecule has 0 saturated carbocycles. The van der Waals surface area contributed by atoms with Crippen LogP contribution in [-0.2, 0) is 4.74 Å². The predicted octanol–water partition coefficient (Wildman–Crippen LogP) is 6.27. The molecule has 0 fully saturated rings. The normalized spacial score (nSPS) is 12.0. The van der Waals surface area contributed by atoms with Crippen LogP contribution in [0.3, 0.4) is 0 Å². The highest BCUT2D eigenvalue weighted by atomic mass is 16.5. The second kappa shape index (κ2) is 8.07. The Morgan fingerprint density at radius 2 is 1.37 bits per heavy atom. The average Bonchev–Trinajstić information content (AvgIpc) is 2.74. The van der Waals surface area contributed by atoms with E-state index < -0.39 is 0 Å². The number of hydrogen-bond acceptors (Lipinski definition) is 2. The number of rotatable bonds is 6. The summed E-state index contributed by atoms with van der Waals surface area (Å²) in [7, 11) is 1.71. The Kier molecular flexibility index (Phi) is 5.17. The molecule has 0 spiro atoms. The molecular formula is C25H22O2. The van der Waals surface area contributed by atoms with E-state index in [4.69, 9.17) is 9.47 Å². The van der Waals surface area contributed by atoms with Gasteiger partial charge in [0.1, 0.15) is 11.9 Å². The molecule has 0 saturated heterocycles. The molecule has 27 heavy (non-hydrogen) atoms. The van der Waals surface area contributed by atoms with Crippen molar-refractivity contribution in [1.82, 2.24) is 0 Å². The molecule has 0 aliphatic carbocycles. The van der Waals surface area contributed by atoms with Crippen molar-refractivity contribution in [1.29, 1.82) is 0 Å². The number of ether oxygens (including phenoxy) is 2. The standard InChI is InChI=1S/C25H22O2/c1-26-18-24(20-12-6-3-7-13-20)27-23-17-9-15-21-14-8-16-22(25(21)23)19-10-4-2-5-11-19/h2-17,24H,18H2,1H3. The minimum absolute atomic E-state index is 0.161. The Morgan fingerprint density at radius 3 is 2.07 bits per heavy atom. The van der Waals surface area contributed by atoms with E-state index in [2.05, 4.69) is 60.7 Å². The first kappa shape index (κ1) is 17.3. The van der Waals surface area contributed by atoms with Gasteiger partial charge in [-0.25, -0.2) is 0 Å². The highest BCUT2D eigenvalue weighted by Gasteiger charge is 2.16. The molecule has 0 N–H and O–H groups in total. The minimum Gasteiger partial charge on any atom is -0.483 e. The molecule has 4 rings (SSSR count). The molecule has 0 aliphatic heterocycles. The molecule has 4 aromatic rings. The lowest BCUT2D eigenvalue weighted by Crippen LogP contribution is -2.13. The van der Waals surface area contributed by atoms with Gasteiger partial charge in [0, 0.05) is 12.5 Å². The van der Waals surface area contributed by atoms with Gasteiger partial charge in [-0.15, -0.1) is 0 Å². The summed E-state index contributed by atoms with van der Waals surface area (Å²) in [5.41, 5.74) is 3.46. The van der Waals surface area contributed by atoms with Gasteiger partial charge in [0.25, 0.3) is 0 Å². The molecule has 4 aromatic carbocycles. The quantitative estimate of drug-likeness (QED) is 0.406. The van der Waals surface area contributed by atoms with E-state index in [1.807, 2.05) is 36.4 Å². The summed E-state index contributed by atoms with van der Waals surface area (Å²) in [6, 6.07) is 33.2. The van der Waals surface area contributed by atoms with Crippen LogP contribution in [0.4, 0.5) is 0 Å². The summed E-state index contributed by atoms with van der Waals surface area (Å²) in [6.07, 6.45) is -0.161. The van der Waals surface area contributed by atoms with Crippen molar-refractivity contribution in [2.24, 2.45) is 0 Å². The summed E-state index contributed by atoms with van der Waals surface area (Å²) in [5, 5.41) is 2.29. The molecule has 0 amide bonds. The van der Waals surface area contributed by atoms with E-state index in [9.17, 15) is 0 Å². The molecule has 1 unspecified atom stereocenters. The van der Waals surface area contributed by atoms with Crippen molar-refractivity contribution >= 4 is 10.8 Å². The van der Waals surface area contributed by atoms with Gasteiger partial charge in [-0.3, -0.25) is 0 Å². The van der Waals surface area contributed by atoms with E-state index in [1.165, 1.54) is 11.1 Å². The molecular weight excluding hydrogens is 332 g/mol. The third-order valence-electron chi connectivity index (χ3n) is 4.71. The van der Waals surface area contributed by atoms with Crippen molar-refractivity contribution in [3.8, 4) is 16.9 Å². The summed E-state index contributed by atoms with van der Waals surface area (Å²) in [6.45, 7) is 0.494. The average molecular weight is 354 g/mol. The van der Waals surface area contributed by atoms with Crippen molar-refractivity contribution in [2.45, 2.75) is 6.10 Å². The predicted molar refractivity (Wildman–Crippen MR) is 111 cm³/mol. The van der Waals surface area contributed by atoms with Gasteiger partial charge < -0.3 is 9.47 Å². The van der Waals surface area contributed by atoms with Gasteiger partial charge >= 0.3 is 0 Å². The fourth-order valence-electron chi connectivity index (χ4n) is 3.43. The van der Waals surface area contributed by atoms with Crippen LogP contribution in [0.25, 0.3) is 21.9 Å². The van der Waals surface area contributed by atoms with E-state index in [0.717, 1.165) is 22.1 Å². The molecule has 0 radical (unpaired) electrons. The van der Waals surface area contributed by atoms with Crippen LogP contribution in [-0.4, -0.2) is 13.7 Å². The lowest BCUT2D eigenvalue weighted by Gasteiger charge is -2.21. The van der Waals surface area contributed by atoms with E-state index in [-0.39, 0.29) is 6.10 Å². The summed E-state index contributed by atoms with van der Waals surface area (Å²) in [5.74, 6) is 0.873. The lowest BCUT2D eigenvalue weighted by molar-refractivity contribution is 0.0821. The highest BCUT2D eigenvalue weighted by Crippen LogP contribution is 2.37. The van der Waals surface area contributed by atoms with Crippen LogP contribution in [0, 0.1) is 0 Å². The Bertz CT molecular complexity index is 1000. The lowest BCUT2D eigenvalue weighted by atomic mass is 9.97. The minimum atomic E-state index is -0.161. The second-order valence-electron chi connectivity index (χ2n) is 6.50. The topological polar surface area (TPSA) is 18.5 Å². The molecule has 2 nitrogen and oxygen atoms in total. The van der Waals surface area contributed by atoms with Gasteiger partial charge in [-0.05, 0) is 28.1 Å². The molecule has 0 aliphatic rings. The number of fused-ring (bicyclic) bond motifs is 1. The van der Waals surface area contributed by atoms with Crippen LogP contribution in [0.5, 0.6) is 5.75 Å². The second-order valence-corrected chi connectivity index (χ2v) is 6.50. The van der Waals surface area contributed by atoms with Crippen molar-refractivity contribution in [3.63, 3.8) is 0 Å². The Morgan fingerprint density at radius 1 is 0.704 bits per heavy atom. The van der Waals surface area contributed by atoms with Crippen LogP contribution in [0.15, 0.2) is 97.1 Å². The number of benzene rings is 4. The van der Waals surface area contributed by atoms with Gasteiger partial charge in [-0.2, -0.15) is 0 Å². The molecule has 1 atom stereocenters.